The van der Waals surface area contributed by atoms with Crippen molar-refractivity contribution < 1.29 is 4.74 Å². The van der Waals surface area contributed by atoms with Gasteiger partial charge in [0.2, 0.25) is 0 Å². The van der Waals surface area contributed by atoms with Crippen LogP contribution in [-0.2, 0) is 10.5 Å². The smallest absolute Gasteiger partial charge is 0.151 e. The Morgan fingerprint density at radius 1 is 1.39 bits per heavy atom. The van der Waals surface area contributed by atoms with Crippen LogP contribution in [0.4, 0.5) is 0 Å². The third kappa shape index (κ3) is 2.00. The molecule has 1 saturated heterocycles. The highest BCUT2D eigenvalue weighted by Crippen LogP contribution is 2.61. The molecule has 18 heavy (non-hydrogen) atoms. The molecule has 1 heterocycles. The van der Waals surface area contributed by atoms with Crippen molar-refractivity contribution in [3.8, 4) is 5.75 Å². The first-order chi connectivity index (χ1) is 8.68. The lowest BCUT2D eigenvalue weighted by Gasteiger charge is -2.35. The Morgan fingerprint density at radius 2 is 2.11 bits per heavy atom. The first-order valence-corrected chi connectivity index (χ1v) is 9.15. The third-order valence-corrected chi connectivity index (χ3v) is 8.12. The van der Waals surface area contributed by atoms with Crippen LogP contribution in [-0.4, -0.2) is 18.6 Å². The number of halogens is 2. The summed E-state index contributed by atoms with van der Waals surface area (Å²) in [5, 5.41) is 0.716. The highest BCUT2D eigenvalue weighted by molar-refractivity contribution is 9.10. The molecule has 0 N–H and O–H groups in total. The quantitative estimate of drug-likeness (QED) is 0.687. The Balaban J connectivity index is 2.21. The zero-order chi connectivity index (χ0) is 12.8. The summed E-state index contributed by atoms with van der Waals surface area (Å²) >= 11 is 14.2. The van der Waals surface area contributed by atoms with Gasteiger partial charge in [-0.05, 0) is 52.4 Å². The van der Waals surface area contributed by atoms with E-state index in [2.05, 4.69) is 45.5 Å². The molecule has 0 aromatic heterocycles. The second-order valence-corrected chi connectivity index (χ2v) is 8.79. The van der Waals surface area contributed by atoms with Crippen molar-refractivity contribution in [2.75, 3.05) is 18.6 Å². The van der Waals surface area contributed by atoms with Gasteiger partial charge in [-0.2, -0.15) is 0 Å². The van der Waals surface area contributed by atoms with E-state index in [4.69, 9.17) is 16.3 Å². The summed E-state index contributed by atoms with van der Waals surface area (Å²) < 4.78 is 6.74. The van der Waals surface area contributed by atoms with E-state index < -0.39 is 0 Å². The molecular formula is C13H14BrClOS2. The molecule has 0 atom stereocenters. The summed E-state index contributed by atoms with van der Waals surface area (Å²) in [6.45, 7) is 0. The van der Waals surface area contributed by atoms with Crippen molar-refractivity contribution in [1.29, 1.82) is 0 Å². The number of ether oxygens (including phenoxy) is 1. The fraction of sp³-hybridized carbons (Fsp3) is 0.538. The number of rotatable bonds is 1. The molecule has 1 aliphatic heterocycles. The summed E-state index contributed by atoms with van der Waals surface area (Å²) in [6.07, 6.45) is 3.63. The number of aryl methyl sites for hydroxylation is 1. The topological polar surface area (TPSA) is 9.23 Å². The molecule has 1 spiro atoms. The Labute approximate surface area is 130 Å². The number of thioether (sulfide) groups is 2. The SMILES string of the molecule is COc1c(Cl)cc2c(c1Br)C1(CCC2)SCCS1. The van der Waals surface area contributed by atoms with Gasteiger partial charge in [0, 0.05) is 11.5 Å². The predicted octanol–water partition coefficient (Wildman–Crippen LogP) is 5.08. The van der Waals surface area contributed by atoms with E-state index in [1.54, 1.807) is 7.11 Å². The first kappa shape index (κ1) is 13.5. The Kier molecular flexibility index (Phi) is 3.83. The minimum Gasteiger partial charge on any atom is -0.494 e. The number of methoxy groups -OCH3 is 1. The van der Waals surface area contributed by atoms with Crippen LogP contribution in [0.3, 0.4) is 0 Å². The summed E-state index contributed by atoms with van der Waals surface area (Å²) in [6, 6.07) is 2.10. The highest BCUT2D eigenvalue weighted by Gasteiger charge is 2.43. The highest BCUT2D eigenvalue weighted by atomic mass is 79.9. The minimum absolute atomic E-state index is 0.226. The zero-order valence-electron chi connectivity index (χ0n) is 10.1. The molecule has 3 rings (SSSR count). The lowest BCUT2D eigenvalue weighted by Crippen LogP contribution is -2.23. The second-order valence-electron chi connectivity index (χ2n) is 4.54. The van der Waals surface area contributed by atoms with Crippen molar-refractivity contribution >= 4 is 51.1 Å². The van der Waals surface area contributed by atoms with E-state index >= 15 is 0 Å². The van der Waals surface area contributed by atoms with Gasteiger partial charge in [-0.3, -0.25) is 0 Å². The van der Waals surface area contributed by atoms with Crippen molar-refractivity contribution in [2.24, 2.45) is 0 Å². The normalized spacial score (nSPS) is 21.1. The van der Waals surface area contributed by atoms with Crippen LogP contribution in [0, 0.1) is 0 Å². The predicted molar refractivity (Wildman–Crippen MR) is 85.2 cm³/mol. The molecule has 2 aliphatic rings. The average molecular weight is 366 g/mol. The Bertz CT molecular complexity index is 486. The lowest BCUT2D eigenvalue weighted by atomic mass is 9.90. The molecule has 0 amide bonds. The van der Waals surface area contributed by atoms with E-state index in [0.717, 1.165) is 16.6 Å². The van der Waals surface area contributed by atoms with Gasteiger partial charge in [-0.15, -0.1) is 23.5 Å². The van der Waals surface area contributed by atoms with Crippen LogP contribution in [0.1, 0.15) is 24.0 Å². The molecule has 1 fully saturated rings. The maximum Gasteiger partial charge on any atom is 0.151 e. The molecule has 0 saturated carbocycles. The number of hydrogen-bond acceptors (Lipinski definition) is 3. The Morgan fingerprint density at radius 3 is 2.78 bits per heavy atom. The Hall–Kier alpha value is 0.490. The fourth-order valence-electron chi connectivity index (χ4n) is 2.83. The number of benzene rings is 1. The number of fused-ring (bicyclic) bond motifs is 2. The third-order valence-electron chi connectivity index (χ3n) is 3.55. The first-order valence-electron chi connectivity index (χ1n) is 6.01. The van der Waals surface area contributed by atoms with Gasteiger partial charge in [0.05, 0.1) is 20.7 Å². The van der Waals surface area contributed by atoms with E-state index in [-0.39, 0.29) is 4.08 Å². The van der Waals surface area contributed by atoms with Gasteiger partial charge in [-0.1, -0.05) is 11.6 Å². The van der Waals surface area contributed by atoms with Crippen molar-refractivity contribution in [3.05, 3.63) is 26.7 Å². The molecule has 98 valence electrons. The van der Waals surface area contributed by atoms with Gasteiger partial charge in [0.1, 0.15) is 0 Å². The maximum absolute atomic E-state index is 6.29. The van der Waals surface area contributed by atoms with Crippen LogP contribution in [0.15, 0.2) is 10.5 Å². The standard InChI is InChI=1S/C13H14BrClOS2/c1-16-12-9(15)7-8-3-2-4-13(10(8)11(12)14)17-5-6-18-13/h7H,2-6H2,1H3. The molecule has 1 aliphatic carbocycles. The van der Waals surface area contributed by atoms with Gasteiger partial charge in [0.15, 0.2) is 5.75 Å². The number of hydrogen-bond donors (Lipinski definition) is 0. The molecule has 0 unspecified atom stereocenters. The van der Waals surface area contributed by atoms with Gasteiger partial charge in [-0.25, -0.2) is 0 Å². The fourth-order valence-corrected chi connectivity index (χ4v) is 7.97. The minimum atomic E-state index is 0.226. The average Bonchev–Trinajstić information content (AvgIpc) is 2.78. The van der Waals surface area contributed by atoms with Crippen LogP contribution < -0.4 is 4.74 Å². The summed E-state index contributed by atoms with van der Waals surface area (Å²) in [5.74, 6) is 3.26. The van der Waals surface area contributed by atoms with E-state index in [1.165, 1.54) is 35.5 Å². The largest absolute Gasteiger partial charge is 0.494 e. The van der Waals surface area contributed by atoms with E-state index in [9.17, 15) is 0 Å². The van der Waals surface area contributed by atoms with E-state index in [1.807, 2.05) is 0 Å². The van der Waals surface area contributed by atoms with E-state index in [0.29, 0.717) is 5.02 Å². The molecule has 1 aromatic rings. The van der Waals surface area contributed by atoms with Crippen molar-refractivity contribution in [2.45, 2.75) is 23.3 Å². The molecule has 0 bridgehead atoms. The van der Waals surface area contributed by atoms with Crippen molar-refractivity contribution in [1.82, 2.24) is 0 Å². The monoisotopic (exact) mass is 364 g/mol. The lowest BCUT2D eigenvalue weighted by molar-refractivity contribution is 0.410. The maximum atomic E-state index is 6.29. The molecule has 1 nitrogen and oxygen atoms in total. The van der Waals surface area contributed by atoms with Crippen molar-refractivity contribution in [3.63, 3.8) is 0 Å². The zero-order valence-corrected chi connectivity index (χ0v) is 14.1. The summed E-state index contributed by atoms with van der Waals surface area (Å²) in [7, 11) is 1.68. The van der Waals surface area contributed by atoms with Gasteiger partial charge < -0.3 is 4.74 Å². The van der Waals surface area contributed by atoms with Gasteiger partial charge >= 0.3 is 0 Å². The van der Waals surface area contributed by atoms with Crippen LogP contribution in [0.5, 0.6) is 5.75 Å². The van der Waals surface area contributed by atoms with Crippen LogP contribution >= 0.6 is 51.1 Å². The molecule has 5 heteroatoms. The molecule has 0 radical (unpaired) electrons. The molecular weight excluding hydrogens is 352 g/mol. The molecule has 1 aromatic carbocycles. The summed E-state index contributed by atoms with van der Waals surface area (Å²) in [4.78, 5) is 0. The van der Waals surface area contributed by atoms with Crippen LogP contribution in [0.2, 0.25) is 5.02 Å². The second kappa shape index (κ2) is 5.12. The summed E-state index contributed by atoms with van der Waals surface area (Å²) in [5.41, 5.74) is 2.81. The van der Waals surface area contributed by atoms with Gasteiger partial charge in [0.25, 0.3) is 0 Å². The van der Waals surface area contributed by atoms with Crippen LogP contribution in [0.25, 0.3) is 0 Å².